The van der Waals surface area contributed by atoms with Crippen molar-refractivity contribution in [1.29, 1.82) is 0 Å². The Balaban J connectivity index is 4.27. The zero-order chi connectivity index (χ0) is 44.4. The van der Waals surface area contributed by atoms with Gasteiger partial charge in [0, 0.05) is 19.3 Å². The molecule has 6 nitrogen and oxygen atoms in total. The molecule has 0 unspecified atom stereocenters. The van der Waals surface area contributed by atoms with Crippen molar-refractivity contribution in [2.24, 2.45) is 0 Å². The average molecular weight is 863 g/mol. The zero-order valence-corrected chi connectivity index (χ0v) is 41.5. The molecule has 0 amide bonds. The van der Waals surface area contributed by atoms with Crippen LogP contribution in [-0.4, -0.2) is 37.2 Å². The summed E-state index contributed by atoms with van der Waals surface area (Å²) in [4.78, 5) is 38.0. The van der Waals surface area contributed by atoms with Crippen molar-refractivity contribution in [3.63, 3.8) is 0 Å². The summed E-state index contributed by atoms with van der Waals surface area (Å²) < 4.78 is 16.8. The molecule has 0 rings (SSSR count). The van der Waals surface area contributed by atoms with Gasteiger partial charge in [-0.3, -0.25) is 14.4 Å². The lowest BCUT2D eigenvalue weighted by atomic mass is 10.0. The van der Waals surface area contributed by atoms with E-state index in [9.17, 15) is 14.4 Å². The minimum Gasteiger partial charge on any atom is -0.462 e. The van der Waals surface area contributed by atoms with E-state index < -0.39 is 6.10 Å². The Morgan fingerprint density at radius 2 is 0.443 bits per heavy atom. The largest absolute Gasteiger partial charge is 0.462 e. The number of carbonyl (C=O) groups excluding carboxylic acids is 3. The Morgan fingerprint density at radius 3 is 0.656 bits per heavy atom. The zero-order valence-electron chi connectivity index (χ0n) is 41.5. The number of hydrogen-bond acceptors (Lipinski definition) is 6. The fraction of sp³-hybridized carbons (Fsp3) is 0.945. The summed E-state index contributed by atoms with van der Waals surface area (Å²) in [5, 5.41) is 0. The molecule has 0 aromatic heterocycles. The maximum absolute atomic E-state index is 12.8. The molecule has 0 radical (unpaired) electrons. The molecule has 0 saturated carbocycles. The average Bonchev–Trinajstić information content (AvgIpc) is 3.26. The van der Waals surface area contributed by atoms with Crippen LogP contribution in [-0.2, 0) is 28.6 Å². The topological polar surface area (TPSA) is 78.9 Å². The summed E-state index contributed by atoms with van der Waals surface area (Å²) in [5.74, 6) is -0.837. The van der Waals surface area contributed by atoms with Crippen molar-refractivity contribution in [2.75, 3.05) is 13.2 Å². The first-order valence-corrected chi connectivity index (χ1v) is 27.5. The molecule has 0 aromatic carbocycles. The van der Waals surface area contributed by atoms with Gasteiger partial charge in [-0.15, -0.1) is 0 Å². The van der Waals surface area contributed by atoms with Gasteiger partial charge in [-0.2, -0.15) is 0 Å². The number of esters is 3. The highest BCUT2D eigenvalue weighted by atomic mass is 16.6. The summed E-state index contributed by atoms with van der Waals surface area (Å²) in [6.07, 6.45) is 55.1. The minimum atomic E-state index is -0.760. The first-order chi connectivity index (χ1) is 30.0. The van der Waals surface area contributed by atoms with E-state index >= 15 is 0 Å². The number of hydrogen-bond donors (Lipinski definition) is 0. The normalized spacial score (nSPS) is 11.9. The maximum atomic E-state index is 12.8. The second kappa shape index (κ2) is 51.0. The van der Waals surface area contributed by atoms with E-state index in [2.05, 4.69) is 20.8 Å². The van der Waals surface area contributed by atoms with Crippen LogP contribution in [0.5, 0.6) is 0 Å². The van der Waals surface area contributed by atoms with Crippen LogP contribution in [0.3, 0.4) is 0 Å². The predicted molar refractivity (Wildman–Crippen MR) is 261 cm³/mol. The van der Waals surface area contributed by atoms with Crippen LogP contribution < -0.4 is 0 Å². The molecular weight excluding hydrogens is 757 g/mol. The Bertz CT molecular complexity index is 905. The summed E-state index contributed by atoms with van der Waals surface area (Å²) in [6.45, 7) is 6.69. The van der Waals surface area contributed by atoms with E-state index in [0.717, 1.165) is 57.8 Å². The smallest absolute Gasteiger partial charge is 0.306 e. The summed E-state index contributed by atoms with van der Waals surface area (Å²) in [6, 6.07) is 0. The molecule has 0 bridgehead atoms. The molecular formula is C55H106O6. The standard InChI is InChI=1S/C55H106O6/c1-4-7-10-13-16-19-22-25-26-27-28-29-31-34-37-40-43-46-49-55(58)61-52(50-59-53(56)47-44-41-38-35-32-24-21-18-15-12-9-6-3)51-60-54(57)48-45-42-39-36-33-30-23-20-17-14-11-8-5-2/h52H,4-51H2,1-3H3/t52-/m0/s1. The Morgan fingerprint density at radius 1 is 0.262 bits per heavy atom. The lowest BCUT2D eigenvalue weighted by Gasteiger charge is -2.18. The van der Waals surface area contributed by atoms with Crippen molar-refractivity contribution in [3.8, 4) is 0 Å². The van der Waals surface area contributed by atoms with Gasteiger partial charge in [0.05, 0.1) is 0 Å². The van der Waals surface area contributed by atoms with E-state index in [1.807, 2.05) is 0 Å². The fourth-order valence-electron chi connectivity index (χ4n) is 8.45. The summed E-state index contributed by atoms with van der Waals surface area (Å²) >= 11 is 0. The molecule has 0 aliphatic rings. The molecule has 0 aliphatic carbocycles. The van der Waals surface area contributed by atoms with Gasteiger partial charge in [-0.1, -0.05) is 278 Å². The third-order valence-corrected chi connectivity index (χ3v) is 12.6. The third kappa shape index (κ3) is 49.3. The number of rotatable bonds is 51. The maximum Gasteiger partial charge on any atom is 0.306 e. The molecule has 61 heavy (non-hydrogen) atoms. The molecule has 6 heteroatoms. The van der Waals surface area contributed by atoms with E-state index in [0.29, 0.717) is 19.3 Å². The molecule has 0 N–H and O–H groups in total. The Labute approximate surface area is 380 Å². The highest BCUT2D eigenvalue weighted by Gasteiger charge is 2.19. The number of ether oxygens (including phenoxy) is 3. The van der Waals surface area contributed by atoms with Gasteiger partial charge in [0.2, 0.25) is 0 Å². The Hall–Kier alpha value is -1.59. The van der Waals surface area contributed by atoms with Crippen molar-refractivity contribution >= 4 is 17.9 Å². The third-order valence-electron chi connectivity index (χ3n) is 12.6. The molecule has 0 heterocycles. The SMILES string of the molecule is CCCCCCCCCCCCCCCCCCCCC(=O)O[C@@H](COC(=O)CCCCCCCCCCCCCC)COC(=O)CCCCCCCCCCCCCCC. The second-order valence-electron chi connectivity index (χ2n) is 18.9. The van der Waals surface area contributed by atoms with Gasteiger partial charge in [0.1, 0.15) is 13.2 Å². The molecule has 0 saturated heterocycles. The van der Waals surface area contributed by atoms with Crippen LogP contribution >= 0.6 is 0 Å². The molecule has 0 spiro atoms. The van der Waals surface area contributed by atoms with Crippen molar-refractivity contribution in [1.82, 2.24) is 0 Å². The van der Waals surface area contributed by atoms with Gasteiger partial charge in [-0.05, 0) is 19.3 Å². The molecule has 0 fully saturated rings. The monoisotopic (exact) mass is 863 g/mol. The highest BCUT2D eigenvalue weighted by molar-refractivity contribution is 5.71. The highest BCUT2D eigenvalue weighted by Crippen LogP contribution is 2.17. The molecule has 362 valence electrons. The molecule has 0 aromatic rings. The van der Waals surface area contributed by atoms with E-state index in [4.69, 9.17) is 14.2 Å². The van der Waals surface area contributed by atoms with Gasteiger partial charge in [0.25, 0.3) is 0 Å². The van der Waals surface area contributed by atoms with E-state index in [1.165, 1.54) is 218 Å². The van der Waals surface area contributed by atoms with Gasteiger partial charge in [0.15, 0.2) is 6.10 Å². The summed E-state index contributed by atoms with van der Waals surface area (Å²) in [5.41, 5.74) is 0. The van der Waals surface area contributed by atoms with Crippen molar-refractivity contribution in [3.05, 3.63) is 0 Å². The first kappa shape index (κ1) is 59.4. The lowest BCUT2D eigenvalue weighted by molar-refractivity contribution is -0.167. The minimum absolute atomic E-state index is 0.0615. The number of carbonyl (C=O) groups is 3. The second-order valence-corrected chi connectivity index (χ2v) is 18.9. The van der Waals surface area contributed by atoms with Gasteiger partial charge < -0.3 is 14.2 Å². The predicted octanol–water partition coefficient (Wildman–Crippen LogP) is 18.0. The van der Waals surface area contributed by atoms with Crippen LogP contribution in [0.15, 0.2) is 0 Å². The quantitative estimate of drug-likeness (QED) is 0.0344. The fourth-order valence-corrected chi connectivity index (χ4v) is 8.45. The van der Waals surface area contributed by atoms with Crippen molar-refractivity contribution in [2.45, 2.75) is 322 Å². The summed E-state index contributed by atoms with van der Waals surface area (Å²) in [7, 11) is 0. The van der Waals surface area contributed by atoms with Crippen LogP contribution in [0, 0.1) is 0 Å². The number of unbranched alkanes of at least 4 members (excludes halogenated alkanes) is 40. The van der Waals surface area contributed by atoms with Crippen LogP contribution in [0.1, 0.15) is 316 Å². The van der Waals surface area contributed by atoms with E-state index in [-0.39, 0.29) is 31.1 Å². The van der Waals surface area contributed by atoms with Crippen molar-refractivity contribution < 1.29 is 28.6 Å². The first-order valence-electron chi connectivity index (χ1n) is 27.5. The van der Waals surface area contributed by atoms with Gasteiger partial charge in [-0.25, -0.2) is 0 Å². The van der Waals surface area contributed by atoms with Crippen LogP contribution in [0.4, 0.5) is 0 Å². The Kier molecular flexibility index (Phi) is 49.7. The van der Waals surface area contributed by atoms with Crippen LogP contribution in [0.2, 0.25) is 0 Å². The van der Waals surface area contributed by atoms with Gasteiger partial charge >= 0.3 is 17.9 Å². The lowest BCUT2D eigenvalue weighted by Crippen LogP contribution is -2.30. The molecule has 0 aliphatic heterocycles. The van der Waals surface area contributed by atoms with Crippen LogP contribution in [0.25, 0.3) is 0 Å². The molecule has 1 atom stereocenters. The van der Waals surface area contributed by atoms with E-state index in [1.54, 1.807) is 0 Å².